The molecule has 0 atom stereocenters. The first kappa shape index (κ1) is 13.8. The van der Waals surface area contributed by atoms with Gasteiger partial charge in [0.05, 0.1) is 21.1 Å². The molecule has 21 heavy (non-hydrogen) atoms. The molecular formula is C16H18N4S. The van der Waals surface area contributed by atoms with Gasteiger partial charge in [-0.1, -0.05) is 24.3 Å². The van der Waals surface area contributed by atoms with E-state index in [0.29, 0.717) is 5.82 Å². The summed E-state index contributed by atoms with van der Waals surface area (Å²) in [6, 6.07) is 8.25. The predicted molar refractivity (Wildman–Crippen MR) is 88.4 cm³/mol. The van der Waals surface area contributed by atoms with Gasteiger partial charge in [0.1, 0.15) is 11.5 Å². The van der Waals surface area contributed by atoms with Crippen LogP contribution in [0.15, 0.2) is 24.3 Å². The summed E-state index contributed by atoms with van der Waals surface area (Å²) in [5.74, 6) is 0.685. The molecule has 1 aromatic carbocycles. The zero-order chi connectivity index (χ0) is 15.1. The van der Waals surface area contributed by atoms with Crippen LogP contribution in [0.25, 0.3) is 21.7 Å². The van der Waals surface area contributed by atoms with E-state index in [1.54, 1.807) is 16.0 Å². The van der Waals surface area contributed by atoms with Crippen molar-refractivity contribution in [3.8, 4) is 21.7 Å². The summed E-state index contributed by atoms with van der Waals surface area (Å²) in [5, 5.41) is 5.68. The average molecular weight is 298 g/mol. The molecule has 0 spiro atoms. The third kappa shape index (κ3) is 2.23. The largest absolute Gasteiger partial charge is 0.383 e. The number of nitrogens with zero attached hydrogens (tertiary/aromatic N) is 3. The Labute approximate surface area is 128 Å². The lowest BCUT2D eigenvalue weighted by molar-refractivity contribution is 0.782. The van der Waals surface area contributed by atoms with E-state index < -0.39 is 0 Å². The van der Waals surface area contributed by atoms with E-state index in [1.165, 1.54) is 5.56 Å². The van der Waals surface area contributed by atoms with Crippen molar-refractivity contribution in [2.24, 2.45) is 7.05 Å². The minimum absolute atomic E-state index is 0.685. The maximum atomic E-state index is 6.28. The van der Waals surface area contributed by atoms with Gasteiger partial charge in [-0.25, -0.2) is 4.98 Å². The number of nitrogen functional groups attached to an aromatic ring is 1. The van der Waals surface area contributed by atoms with Crippen molar-refractivity contribution in [1.29, 1.82) is 0 Å². The molecule has 2 aromatic heterocycles. The van der Waals surface area contributed by atoms with Crippen molar-refractivity contribution >= 4 is 17.2 Å². The molecule has 0 amide bonds. The highest BCUT2D eigenvalue weighted by molar-refractivity contribution is 7.15. The highest BCUT2D eigenvalue weighted by Crippen LogP contribution is 2.40. The number of hydrogen-bond donors (Lipinski definition) is 1. The third-order valence-electron chi connectivity index (χ3n) is 3.62. The second-order valence-electron chi connectivity index (χ2n) is 5.19. The van der Waals surface area contributed by atoms with E-state index in [2.05, 4.69) is 29.1 Å². The van der Waals surface area contributed by atoms with Gasteiger partial charge in [-0.3, -0.25) is 4.68 Å². The molecule has 4 nitrogen and oxygen atoms in total. The summed E-state index contributed by atoms with van der Waals surface area (Å²) in [4.78, 5) is 5.61. The van der Waals surface area contributed by atoms with Crippen LogP contribution < -0.4 is 5.73 Å². The van der Waals surface area contributed by atoms with E-state index in [1.807, 2.05) is 33.0 Å². The van der Waals surface area contributed by atoms with E-state index in [4.69, 9.17) is 5.73 Å². The molecule has 2 heterocycles. The van der Waals surface area contributed by atoms with Crippen molar-refractivity contribution in [3.63, 3.8) is 0 Å². The van der Waals surface area contributed by atoms with Crippen LogP contribution in [0.4, 0.5) is 5.82 Å². The lowest BCUT2D eigenvalue weighted by Gasteiger charge is -2.07. The normalized spacial score (nSPS) is 11.0. The minimum atomic E-state index is 0.685. The summed E-state index contributed by atoms with van der Waals surface area (Å²) in [7, 11) is 1.88. The Kier molecular flexibility index (Phi) is 3.29. The van der Waals surface area contributed by atoms with Crippen LogP contribution >= 0.6 is 11.3 Å². The molecular weight excluding hydrogens is 280 g/mol. The van der Waals surface area contributed by atoms with Gasteiger partial charge < -0.3 is 5.73 Å². The van der Waals surface area contributed by atoms with Crippen molar-refractivity contribution in [1.82, 2.24) is 14.8 Å². The van der Waals surface area contributed by atoms with Crippen LogP contribution in [0.5, 0.6) is 0 Å². The first-order chi connectivity index (χ1) is 9.99. The fourth-order valence-electron chi connectivity index (χ4n) is 2.57. The van der Waals surface area contributed by atoms with Crippen LogP contribution in [0.2, 0.25) is 0 Å². The monoisotopic (exact) mass is 298 g/mol. The fraction of sp³-hybridized carbons (Fsp3) is 0.250. The van der Waals surface area contributed by atoms with Gasteiger partial charge in [0.15, 0.2) is 0 Å². The van der Waals surface area contributed by atoms with Crippen LogP contribution in [0.1, 0.15) is 16.3 Å². The second-order valence-corrected chi connectivity index (χ2v) is 6.40. The van der Waals surface area contributed by atoms with E-state index >= 15 is 0 Å². The molecule has 0 saturated heterocycles. The lowest BCUT2D eigenvalue weighted by atomic mass is 9.99. The number of benzene rings is 1. The molecule has 3 aromatic rings. The van der Waals surface area contributed by atoms with Gasteiger partial charge in [0.25, 0.3) is 0 Å². The highest BCUT2D eigenvalue weighted by Gasteiger charge is 2.21. The Bertz CT molecular complexity index is 814. The molecule has 0 radical (unpaired) electrons. The number of aromatic nitrogens is 3. The number of hydrogen-bond acceptors (Lipinski definition) is 4. The lowest BCUT2D eigenvalue weighted by Crippen LogP contribution is -1.98. The summed E-state index contributed by atoms with van der Waals surface area (Å²) in [5.41, 5.74) is 11.5. The molecule has 5 heteroatoms. The molecule has 2 N–H and O–H groups in total. The van der Waals surface area contributed by atoms with E-state index in [-0.39, 0.29) is 0 Å². The Balaban J connectivity index is 2.31. The van der Waals surface area contributed by atoms with Gasteiger partial charge >= 0.3 is 0 Å². The van der Waals surface area contributed by atoms with E-state index in [9.17, 15) is 0 Å². The highest BCUT2D eigenvalue weighted by atomic mass is 32.1. The maximum absolute atomic E-state index is 6.28. The smallest absolute Gasteiger partial charge is 0.129 e. The number of nitrogens with two attached hydrogens (primary N) is 1. The molecule has 3 rings (SSSR count). The summed E-state index contributed by atoms with van der Waals surface area (Å²) in [6.07, 6.45) is 0. The van der Waals surface area contributed by atoms with Crippen LogP contribution in [-0.2, 0) is 7.05 Å². The Morgan fingerprint density at radius 3 is 2.48 bits per heavy atom. The van der Waals surface area contributed by atoms with Gasteiger partial charge in [0, 0.05) is 7.05 Å². The van der Waals surface area contributed by atoms with Crippen LogP contribution in [0.3, 0.4) is 0 Å². The SMILES string of the molecule is Cc1nc(C)c(-c2nn(C)c(N)c2-c2ccccc2C)s1. The fourth-order valence-corrected chi connectivity index (χ4v) is 3.48. The molecule has 0 unspecified atom stereocenters. The molecule has 0 bridgehead atoms. The first-order valence-corrected chi connectivity index (χ1v) is 7.63. The Morgan fingerprint density at radius 2 is 1.86 bits per heavy atom. The van der Waals surface area contributed by atoms with Gasteiger partial charge in [0.2, 0.25) is 0 Å². The first-order valence-electron chi connectivity index (χ1n) is 6.82. The molecule has 0 fully saturated rings. The maximum Gasteiger partial charge on any atom is 0.129 e. The van der Waals surface area contributed by atoms with Crippen LogP contribution in [0, 0.1) is 20.8 Å². The van der Waals surface area contributed by atoms with Crippen molar-refractivity contribution in [2.75, 3.05) is 5.73 Å². The molecule has 0 aliphatic carbocycles. The van der Waals surface area contributed by atoms with Gasteiger partial charge in [-0.15, -0.1) is 11.3 Å². The quantitative estimate of drug-likeness (QED) is 0.784. The number of thiazole rings is 1. The number of aryl methyl sites for hydroxylation is 4. The van der Waals surface area contributed by atoms with Crippen molar-refractivity contribution in [2.45, 2.75) is 20.8 Å². The van der Waals surface area contributed by atoms with Crippen molar-refractivity contribution < 1.29 is 0 Å². The third-order valence-corrected chi connectivity index (χ3v) is 4.70. The van der Waals surface area contributed by atoms with Gasteiger partial charge in [-0.2, -0.15) is 5.10 Å². The standard InChI is InChI=1S/C16H18N4S/c1-9-7-5-6-8-12(9)13-14(19-20(4)16(13)17)15-10(2)18-11(3)21-15/h5-8H,17H2,1-4H3. The number of rotatable bonds is 2. The minimum Gasteiger partial charge on any atom is -0.383 e. The Hall–Kier alpha value is -2.14. The Morgan fingerprint density at radius 1 is 1.14 bits per heavy atom. The predicted octanol–water partition coefficient (Wildman–Crippen LogP) is 3.72. The average Bonchev–Trinajstić information content (AvgIpc) is 2.91. The topological polar surface area (TPSA) is 56.7 Å². The zero-order valence-electron chi connectivity index (χ0n) is 12.6. The molecule has 0 aliphatic heterocycles. The summed E-state index contributed by atoms with van der Waals surface area (Å²) in [6.45, 7) is 6.13. The van der Waals surface area contributed by atoms with Crippen LogP contribution in [-0.4, -0.2) is 14.8 Å². The van der Waals surface area contributed by atoms with Gasteiger partial charge in [-0.05, 0) is 31.9 Å². The molecule has 108 valence electrons. The molecule has 0 aliphatic rings. The number of anilines is 1. The summed E-state index contributed by atoms with van der Waals surface area (Å²) < 4.78 is 1.74. The second kappa shape index (κ2) is 5.00. The summed E-state index contributed by atoms with van der Waals surface area (Å²) >= 11 is 1.66. The zero-order valence-corrected chi connectivity index (χ0v) is 13.5. The molecule has 0 saturated carbocycles. The van der Waals surface area contributed by atoms with Crippen molar-refractivity contribution in [3.05, 3.63) is 40.5 Å². The van der Waals surface area contributed by atoms with E-state index in [0.717, 1.165) is 32.4 Å².